The van der Waals surface area contributed by atoms with E-state index in [1.54, 1.807) is 30.9 Å². The van der Waals surface area contributed by atoms with E-state index in [1.807, 2.05) is 18.2 Å². The molecule has 1 aromatic heterocycles. The molecule has 0 saturated carbocycles. The summed E-state index contributed by atoms with van der Waals surface area (Å²) in [5.74, 6) is 0.750. The van der Waals surface area contributed by atoms with E-state index in [1.165, 1.54) is 4.31 Å². The second kappa shape index (κ2) is 8.10. The molecule has 3 rings (SSSR count). The molecule has 1 saturated heterocycles. The summed E-state index contributed by atoms with van der Waals surface area (Å²) in [5.41, 5.74) is 0.348. The Morgan fingerprint density at radius 3 is 2.56 bits per heavy atom. The van der Waals surface area contributed by atoms with Gasteiger partial charge in [0.15, 0.2) is 12.4 Å². The van der Waals surface area contributed by atoms with Gasteiger partial charge >= 0.3 is 0 Å². The number of carbonyl (C=O) groups excluding carboxylic acids is 1. The summed E-state index contributed by atoms with van der Waals surface area (Å²) in [5, 5.41) is 3.74. The van der Waals surface area contributed by atoms with Crippen LogP contribution in [0.5, 0.6) is 5.75 Å². The van der Waals surface area contributed by atoms with Crippen LogP contribution in [0.2, 0.25) is 0 Å². The van der Waals surface area contributed by atoms with Crippen LogP contribution in [0, 0.1) is 13.8 Å². The number of aryl methyl sites for hydroxylation is 2. The number of carbonyl (C=O) groups is 1. The van der Waals surface area contributed by atoms with Crippen LogP contribution in [-0.4, -0.2) is 61.5 Å². The van der Waals surface area contributed by atoms with Gasteiger partial charge in [-0.3, -0.25) is 4.79 Å². The van der Waals surface area contributed by atoms with Gasteiger partial charge < -0.3 is 14.2 Å². The average Bonchev–Trinajstić information content (AvgIpc) is 2.86. The lowest BCUT2D eigenvalue weighted by Crippen LogP contribution is -2.39. The minimum absolute atomic E-state index is 0.0688. The molecule has 146 valence electrons. The highest BCUT2D eigenvalue weighted by molar-refractivity contribution is 7.89. The van der Waals surface area contributed by atoms with Crippen LogP contribution in [0.15, 0.2) is 39.8 Å². The molecule has 1 amide bonds. The molecule has 27 heavy (non-hydrogen) atoms. The highest BCUT2D eigenvalue weighted by atomic mass is 32.2. The Balaban J connectivity index is 1.62. The standard InChI is InChI=1S/C18H23N3O5S/c1-14-18(15(2)26-19-14)27(23,24)21-10-6-9-20(11-12-21)17(22)13-25-16-7-4-3-5-8-16/h3-5,7-8H,6,9-13H2,1-2H3. The minimum atomic E-state index is -3.70. The number of hydrogen-bond donors (Lipinski definition) is 0. The van der Waals surface area contributed by atoms with Crippen molar-refractivity contribution < 1.29 is 22.5 Å². The fourth-order valence-electron chi connectivity index (χ4n) is 3.11. The number of amides is 1. The molecule has 2 aromatic rings. The van der Waals surface area contributed by atoms with E-state index < -0.39 is 10.0 Å². The number of rotatable bonds is 5. The predicted octanol–water partition coefficient (Wildman–Crippen LogP) is 1.59. The summed E-state index contributed by atoms with van der Waals surface area (Å²) in [6.45, 7) is 4.50. The largest absolute Gasteiger partial charge is 0.484 e. The molecule has 1 fully saturated rings. The molecule has 9 heteroatoms. The van der Waals surface area contributed by atoms with Crippen LogP contribution in [0.3, 0.4) is 0 Å². The van der Waals surface area contributed by atoms with Crippen LogP contribution in [0.4, 0.5) is 0 Å². The highest BCUT2D eigenvalue weighted by Gasteiger charge is 2.32. The number of aromatic nitrogens is 1. The van der Waals surface area contributed by atoms with Crippen molar-refractivity contribution in [2.24, 2.45) is 0 Å². The maximum atomic E-state index is 12.9. The second-order valence-electron chi connectivity index (χ2n) is 6.39. The van der Waals surface area contributed by atoms with Gasteiger partial charge in [-0.1, -0.05) is 23.4 Å². The van der Waals surface area contributed by atoms with Gasteiger partial charge in [0.25, 0.3) is 5.91 Å². The predicted molar refractivity (Wildman–Crippen MR) is 97.9 cm³/mol. The van der Waals surface area contributed by atoms with E-state index in [-0.39, 0.29) is 29.7 Å². The van der Waals surface area contributed by atoms with Gasteiger partial charge in [-0.25, -0.2) is 8.42 Å². The summed E-state index contributed by atoms with van der Waals surface area (Å²) in [7, 11) is -3.70. The number of ether oxygens (including phenoxy) is 1. The molecule has 0 bridgehead atoms. The zero-order valence-corrected chi connectivity index (χ0v) is 16.2. The Hall–Kier alpha value is -2.39. The fraction of sp³-hybridized carbons (Fsp3) is 0.444. The normalized spacial score (nSPS) is 16.1. The van der Waals surface area contributed by atoms with Crippen molar-refractivity contribution >= 4 is 15.9 Å². The van der Waals surface area contributed by atoms with Gasteiger partial charge in [0.2, 0.25) is 10.0 Å². The van der Waals surface area contributed by atoms with Gasteiger partial charge in [-0.05, 0) is 32.4 Å². The lowest BCUT2D eigenvalue weighted by Gasteiger charge is -2.22. The maximum absolute atomic E-state index is 12.9. The first kappa shape index (κ1) is 19.4. The SMILES string of the molecule is Cc1noc(C)c1S(=O)(=O)N1CCCN(C(=O)COc2ccccc2)CC1. The third-order valence-electron chi connectivity index (χ3n) is 4.48. The van der Waals surface area contributed by atoms with Crippen molar-refractivity contribution in [2.75, 3.05) is 32.8 Å². The number of para-hydroxylation sites is 1. The summed E-state index contributed by atoms with van der Waals surface area (Å²) in [4.78, 5) is 14.2. The Morgan fingerprint density at radius 1 is 1.15 bits per heavy atom. The van der Waals surface area contributed by atoms with Crippen molar-refractivity contribution in [2.45, 2.75) is 25.2 Å². The molecule has 1 aliphatic rings. The van der Waals surface area contributed by atoms with E-state index in [0.717, 1.165) is 0 Å². The van der Waals surface area contributed by atoms with Crippen molar-refractivity contribution in [3.63, 3.8) is 0 Å². The summed E-state index contributed by atoms with van der Waals surface area (Å²) in [6, 6.07) is 9.12. The van der Waals surface area contributed by atoms with E-state index >= 15 is 0 Å². The Kier molecular flexibility index (Phi) is 5.81. The monoisotopic (exact) mass is 393 g/mol. The molecule has 1 aromatic carbocycles. The van der Waals surface area contributed by atoms with E-state index in [2.05, 4.69) is 5.16 Å². The second-order valence-corrected chi connectivity index (χ2v) is 8.27. The zero-order valence-electron chi connectivity index (χ0n) is 15.4. The highest BCUT2D eigenvalue weighted by Crippen LogP contribution is 2.24. The Morgan fingerprint density at radius 2 is 1.89 bits per heavy atom. The lowest BCUT2D eigenvalue weighted by atomic mass is 10.3. The number of benzene rings is 1. The first-order valence-corrected chi connectivity index (χ1v) is 10.2. The van der Waals surface area contributed by atoms with Gasteiger partial charge in [0.1, 0.15) is 16.3 Å². The van der Waals surface area contributed by atoms with Crippen LogP contribution in [0.1, 0.15) is 17.9 Å². The molecule has 0 radical (unpaired) electrons. The summed E-state index contributed by atoms with van der Waals surface area (Å²) >= 11 is 0. The number of sulfonamides is 1. The van der Waals surface area contributed by atoms with Crippen molar-refractivity contribution in [1.29, 1.82) is 0 Å². The summed E-state index contributed by atoms with van der Waals surface area (Å²) < 4.78 is 37.8. The maximum Gasteiger partial charge on any atom is 0.260 e. The molecular formula is C18H23N3O5S. The van der Waals surface area contributed by atoms with Crippen molar-refractivity contribution in [1.82, 2.24) is 14.4 Å². The third-order valence-corrected chi connectivity index (χ3v) is 6.62. The van der Waals surface area contributed by atoms with Gasteiger partial charge in [-0.2, -0.15) is 4.31 Å². The van der Waals surface area contributed by atoms with Gasteiger partial charge in [0.05, 0.1) is 0 Å². The average molecular weight is 393 g/mol. The van der Waals surface area contributed by atoms with E-state index in [4.69, 9.17) is 9.26 Å². The molecule has 0 atom stereocenters. The van der Waals surface area contributed by atoms with E-state index in [0.29, 0.717) is 37.5 Å². The molecule has 0 N–H and O–H groups in total. The molecule has 0 unspecified atom stereocenters. The Bertz CT molecular complexity index is 875. The Labute approximate surface area is 158 Å². The van der Waals surface area contributed by atoms with Crippen LogP contribution in [0.25, 0.3) is 0 Å². The smallest absolute Gasteiger partial charge is 0.260 e. The van der Waals surface area contributed by atoms with Crippen molar-refractivity contribution in [3.05, 3.63) is 41.8 Å². The molecule has 0 aliphatic carbocycles. The molecule has 8 nitrogen and oxygen atoms in total. The first-order valence-electron chi connectivity index (χ1n) is 8.78. The van der Waals surface area contributed by atoms with Crippen LogP contribution in [-0.2, 0) is 14.8 Å². The first-order chi connectivity index (χ1) is 12.9. The van der Waals surface area contributed by atoms with Gasteiger partial charge in [-0.15, -0.1) is 0 Å². The van der Waals surface area contributed by atoms with Crippen LogP contribution >= 0.6 is 0 Å². The zero-order chi connectivity index (χ0) is 19.4. The number of hydrogen-bond acceptors (Lipinski definition) is 6. The van der Waals surface area contributed by atoms with Gasteiger partial charge in [0, 0.05) is 26.2 Å². The third kappa shape index (κ3) is 4.30. The molecule has 0 spiro atoms. The fourth-order valence-corrected chi connectivity index (χ4v) is 4.87. The molecule has 1 aliphatic heterocycles. The van der Waals surface area contributed by atoms with E-state index in [9.17, 15) is 13.2 Å². The minimum Gasteiger partial charge on any atom is -0.484 e. The molecule has 2 heterocycles. The quantitative estimate of drug-likeness (QED) is 0.766. The van der Waals surface area contributed by atoms with Crippen molar-refractivity contribution in [3.8, 4) is 5.75 Å². The molecular weight excluding hydrogens is 370 g/mol. The van der Waals surface area contributed by atoms with Crippen LogP contribution < -0.4 is 4.74 Å². The number of nitrogens with zero attached hydrogens (tertiary/aromatic N) is 3. The summed E-state index contributed by atoms with van der Waals surface area (Å²) in [6.07, 6.45) is 0.555. The lowest BCUT2D eigenvalue weighted by molar-refractivity contribution is -0.133. The topological polar surface area (TPSA) is 93.0 Å².